The average Bonchev–Trinajstić information content (AvgIpc) is 2.02. The standard InChI is InChI=1S/C6H3Cl3.ClH3Si/c7-4-1-2-5(8)6(9)3-4;1-2/h1-3H;2H3. The molecule has 0 atom stereocenters. The third kappa shape index (κ3) is 4.24. The molecule has 11 heavy (non-hydrogen) atoms. The van der Waals surface area contributed by atoms with Gasteiger partial charge in [-0.25, -0.2) is 0 Å². The molecule has 0 aliphatic rings. The first-order chi connectivity index (χ1) is 5.20. The van der Waals surface area contributed by atoms with Crippen molar-refractivity contribution >= 4 is 55.4 Å². The summed E-state index contributed by atoms with van der Waals surface area (Å²) in [6, 6.07) is 4.95. The molecule has 0 N–H and O–H groups in total. The van der Waals surface area contributed by atoms with Crippen molar-refractivity contribution in [1.29, 1.82) is 0 Å². The SMILES string of the molecule is Clc1ccc(Cl)c(Cl)c1.[SiH3]Cl. The lowest BCUT2D eigenvalue weighted by molar-refractivity contribution is 1.70. The minimum Gasteiger partial charge on any atom is -0.181 e. The molecule has 0 bridgehead atoms. The molecular formula is C6H6Cl4Si. The zero-order chi connectivity index (χ0) is 8.85. The average molecular weight is 248 g/mol. The van der Waals surface area contributed by atoms with Crippen LogP contribution in [-0.2, 0) is 0 Å². The van der Waals surface area contributed by atoms with E-state index in [0.29, 0.717) is 15.1 Å². The van der Waals surface area contributed by atoms with Crippen molar-refractivity contribution in [3.05, 3.63) is 33.3 Å². The van der Waals surface area contributed by atoms with Crippen molar-refractivity contribution in [2.45, 2.75) is 0 Å². The van der Waals surface area contributed by atoms with E-state index < -0.39 is 0 Å². The molecule has 0 saturated carbocycles. The fourth-order valence-electron chi connectivity index (χ4n) is 0.470. The highest BCUT2D eigenvalue weighted by Crippen LogP contribution is 2.24. The first kappa shape index (κ1) is 11.6. The first-order valence-electron chi connectivity index (χ1n) is 2.68. The quantitative estimate of drug-likeness (QED) is 0.376. The van der Waals surface area contributed by atoms with Crippen LogP contribution in [-0.4, -0.2) is 9.55 Å². The highest BCUT2D eigenvalue weighted by atomic mass is 35.6. The molecule has 0 heterocycles. The van der Waals surface area contributed by atoms with Crippen LogP contribution >= 0.6 is 45.9 Å². The van der Waals surface area contributed by atoms with Gasteiger partial charge in [-0.2, -0.15) is 11.1 Å². The Morgan fingerprint density at radius 3 is 1.82 bits per heavy atom. The number of hydrogen-bond donors (Lipinski definition) is 0. The molecule has 0 radical (unpaired) electrons. The summed E-state index contributed by atoms with van der Waals surface area (Å²) in [5, 5.41) is 1.62. The Hall–Kier alpha value is 0.597. The zero-order valence-corrected chi connectivity index (χ0v) is 10.8. The summed E-state index contributed by atoms with van der Waals surface area (Å²) in [7, 11) is 0.778. The molecule has 0 saturated heterocycles. The second-order valence-corrected chi connectivity index (χ2v) is 2.81. The minimum atomic E-state index is 0.490. The summed E-state index contributed by atoms with van der Waals surface area (Å²) in [6.45, 7) is 0. The van der Waals surface area contributed by atoms with E-state index in [4.69, 9.17) is 45.9 Å². The predicted octanol–water partition coefficient (Wildman–Crippen LogP) is 3.15. The topological polar surface area (TPSA) is 0 Å². The number of hydrogen-bond acceptors (Lipinski definition) is 0. The first-order valence-corrected chi connectivity index (χ1v) is 6.84. The normalized spacial score (nSPS) is 8.73. The number of halogens is 4. The van der Waals surface area contributed by atoms with Crippen molar-refractivity contribution in [2.75, 3.05) is 0 Å². The molecule has 5 heteroatoms. The lowest BCUT2D eigenvalue weighted by Gasteiger charge is -1.92. The van der Waals surface area contributed by atoms with Gasteiger partial charge in [-0.15, -0.1) is 0 Å². The zero-order valence-electron chi connectivity index (χ0n) is 5.74. The third-order valence-electron chi connectivity index (χ3n) is 0.882. The van der Waals surface area contributed by atoms with Crippen molar-refractivity contribution in [2.24, 2.45) is 0 Å². The Morgan fingerprint density at radius 1 is 0.909 bits per heavy atom. The second kappa shape index (κ2) is 6.15. The van der Waals surface area contributed by atoms with Gasteiger partial charge in [0.25, 0.3) is 0 Å². The van der Waals surface area contributed by atoms with Crippen LogP contribution in [0.1, 0.15) is 0 Å². The maximum Gasteiger partial charge on any atom is 0.109 e. The Balaban J connectivity index is 0.000000461. The van der Waals surface area contributed by atoms with E-state index in [1.807, 2.05) is 0 Å². The van der Waals surface area contributed by atoms with Gasteiger partial charge in [-0.05, 0) is 18.2 Å². The van der Waals surface area contributed by atoms with E-state index in [2.05, 4.69) is 0 Å². The summed E-state index contributed by atoms with van der Waals surface area (Å²) in [5.74, 6) is 0. The van der Waals surface area contributed by atoms with Gasteiger partial charge < -0.3 is 0 Å². The molecule has 0 nitrogen and oxygen atoms in total. The van der Waals surface area contributed by atoms with E-state index >= 15 is 0 Å². The molecule has 0 aromatic heterocycles. The van der Waals surface area contributed by atoms with E-state index in [0.717, 1.165) is 9.55 Å². The highest BCUT2D eigenvalue weighted by molar-refractivity contribution is 6.80. The van der Waals surface area contributed by atoms with Crippen molar-refractivity contribution in [3.63, 3.8) is 0 Å². The fraction of sp³-hybridized carbons (Fsp3) is 0. The molecule has 62 valence electrons. The van der Waals surface area contributed by atoms with Gasteiger partial charge in [0, 0.05) is 5.02 Å². The lowest BCUT2D eigenvalue weighted by Crippen LogP contribution is -1.66. The molecule has 0 aliphatic carbocycles. The molecule has 0 unspecified atom stereocenters. The van der Waals surface area contributed by atoms with Crippen LogP contribution in [0.5, 0.6) is 0 Å². The van der Waals surface area contributed by atoms with Crippen molar-refractivity contribution in [3.8, 4) is 0 Å². The Kier molecular flexibility index (Phi) is 6.48. The van der Waals surface area contributed by atoms with E-state index in [1.54, 1.807) is 18.2 Å². The molecule has 0 amide bonds. The molecule has 0 spiro atoms. The summed E-state index contributed by atoms with van der Waals surface area (Å²) in [6.07, 6.45) is 0. The Labute approximate surface area is 88.5 Å². The summed E-state index contributed by atoms with van der Waals surface area (Å²) in [4.78, 5) is 0. The van der Waals surface area contributed by atoms with Gasteiger partial charge in [-0.3, -0.25) is 0 Å². The highest BCUT2D eigenvalue weighted by Gasteiger charge is 1.94. The van der Waals surface area contributed by atoms with Crippen molar-refractivity contribution in [1.82, 2.24) is 0 Å². The molecule has 0 aliphatic heterocycles. The largest absolute Gasteiger partial charge is 0.181 e. The summed E-state index contributed by atoms with van der Waals surface area (Å²) < 4.78 is 0. The van der Waals surface area contributed by atoms with Gasteiger partial charge in [0.2, 0.25) is 0 Å². The summed E-state index contributed by atoms with van der Waals surface area (Å²) in [5.41, 5.74) is 0. The van der Waals surface area contributed by atoms with Gasteiger partial charge in [0.05, 0.1) is 10.0 Å². The predicted molar refractivity (Wildman–Crippen MR) is 57.3 cm³/mol. The van der Waals surface area contributed by atoms with Crippen molar-refractivity contribution < 1.29 is 0 Å². The van der Waals surface area contributed by atoms with Crippen LogP contribution in [0.4, 0.5) is 0 Å². The number of rotatable bonds is 0. The fourth-order valence-corrected chi connectivity index (χ4v) is 0.997. The van der Waals surface area contributed by atoms with Crippen LogP contribution in [0.2, 0.25) is 15.1 Å². The Morgan fingerprint density at radius 2 is 1.45 bits per heavy atom. The van der Waals surface area contributed by atoms with Crippen LogP contribution in [0, 0.1) is 0 Å². The van der Waals surface area contributed by atoms with E-state index in [-0.39, 0.29) is 0 Å². The third-order valence-corrected chi connectivity index (χ3v) is 1.86. The van der Waals surface area contributed by atoms with Gasteiger partial charge in [-0.1, -0.05) is 34.8 Å². The molecule has 1 rings (SSSR count). The lowest BCUT2D eigenvalue weighted by atomic mass is 10.4. The molecule has 1 aromatic rings. The van der Waals surface area contributed by atoms with Gasteiger partial charge in [0.15, 0.2) is 0 Å². The van der Waals surface area contributed by atoms with E-state index in [9.17, 15) is 0 Å². The van der Waals surface area contributed by atoms with Gasteiger partial charge >= 0.3 is 0 Å². The maximum atomic E-state index is 5.60. The van der Waals surface area contributed by atoms with E-state index in [1.165, 1.54) is 0 Å². The summed E-state index contributed by atoms with van der Waals surface area (Å²) >= 11 is 21.5. The van der Waals surface area contributed by atoms with Crippen LogP contribution in [0.3, 0.4) is 0 Å². The molecular weight excluding hydrogens is 242 g/mol. The van der Waals surface area contributed by atoms with Crippen LogP contribution < -0.4 is 0 Å². The molecule has 1 aromatic carbocycles. The van der Waals surface area contributed by atoms with Crippen LogP contribution in [0.15, 0.2) is 18.2 Å². The smallest absolute Gasteiger partial charge is 0.109 e. The number of benzene rings is 1. The maximum absolute atomic E-state index is 5.60. The van der Waals surface area contributed by atoms with Gasteiger partial charge in [0.1, 0.15) is 9.55 Å². The minimum absolute atomic E-state index is 0.490. The Bertz CT molecular complexity index is 226. The monoisotopic (exact) mass is 246 g/mol. The van der Waals surface area contributed by atoms with Crippen LogP contribution in [0.25, 0.3) is 0 Å². The molecule has 0 fully saturated rings. The second-order valence-electron chi connectivity index (χ2n) is 1.56.